The van der Waals surface area contributed by atoms with Crippen molar-refractivity contribution in [3.63, 3.8) is 0 Å². The summed E-state index contributed by atoms with van der Waals surface area (Å²) in [5.74, 6) is 5.12. The van der Waals surface area contributed by atoms with Crippen LogP contribution in [0.3, 0.4) is 0 Å². The lowest BCUT2D eigenvalue weighted by molar-refractivity contribution is 0.119. The van der Waals surface area contributed by atoms with Gasteiger partial charge in [0.1, 0.15) is 6.61 Å². The van der Waals surface area contributed by atoms with Gasteiger partial charge in [0.25, 0.3) is 0 Å². The summed E-state index contributed by atoms with van der Waals surface area (Å²) in [6, 6.07) is 8.27. The Morgan fingerprint density at radius 1 is 1.47 bits per heavy atom. The van der Waals surface area contributed by atoms with Crippen LogP contribution in [0.25, 0.3) is 10.9 Å². The molecule has 2 N–H and O–H groups in total. The Hall–Kier alpha value is -0.840. The van der Waals surface area contributed by atoms with Crippen molar-refractivity contribution in [3.05, 3.63) is 34.4 Å². The number of aromatic nitrogens is 1. The molecule has 0 atom stereocenters. The predicted molar refractivity (Wildman–Crippen MR) is 64.3 cm³/mol. The van der Waals surface area contributed by atoms with Crippen LogP contribution < -0.4 is 5.90 Å². The van der Waals surface area contributed by atoms with E-state index in [0.29, 0.717) is 6.61 Å². The number of fused-ring (bicyclic) bond motifs is 1. The third-order valence-corrected chi connectivity index (χ3v) is 3.14. The van der Waals surface area contributed by atoms with Crippen LogP contribution in [0.2, 0.25) is 0 Å². The minimum absolute atomic E-state index is 0.439. The molecule has 4 heteroatoms. The Balaban J connectivity index is 2.68. The summed E-state index contributed by atoms with van der Waals surface area (Å²) >= 11 is 3.56. The van der Waals surface area contributed by atoms with Gasteiger partial charge in [0.05, 0.1) is 5.52 Å². The molecule has 1 heterocycles. The van der Waals surface area contributed by atoms with Crippen molar-refractivity contribution in [1.82, 2.24) is 4.57 Å². The van der Waals surface area contributed by atoms with E-state index in [-0.39, 0.29) is 0 Å². The molecule has 80 valence electrons. The molecule has 15 heavy (non-hydrogen) atoms. The van der Waals surface area contributed by atoms with Crippen LogP contribution in [-0.4, -0.2) is 4.57 Å². The maximum absolute atomic E-state index is 5.12. The Bertz CT molecular complexity index is 479. The van der Waals surface area contributed by atoms with Crippen molar-refractivity contribution >= 4 is 26.8 Å². The highest BCUT2D eigenvalue weighted by atomic mass is 79.9. The zero-order valence-corrected chi connectivity index (χ0v) is 10.1. The Morgan fingerprint density at radius 3 is 2.93 bits per heavy atom. The van der Waals surface area contributed by atoms with Gasteiger partial charge in [-0.1, -0.05) is 12.1 Å². The van der Waals surface area contributed by atoms with E-state index in [2.05, 4.69) is 39.6 Å². The third kappa shape index (κ3) is 1.80. The molecule has 0 saturated heterocycles. The van der Waals surface area contributed by atoms with Gasteiger partial charge in [-0.15, -0.1) is 0 Å². The van der Waals surface area contributed by atoms with Crippen molar-refractivity contribution < 1.29 is 4.84 Å². The molecule has 0 spiro atoms. The van der Waals surface area contributed by atoms with E-state index in [4.69, 9.17) is 10.7 Å². The summed E-state index contributed by atoms with van der Waals surface area (Å²) in [5.41, 5.74) is 2.30. The average molecular weight is 269 g/mol. The summed E-state index contributed by atoms with van der Waals surface area (Å²) in [6.45, 7) is 3.46. The van der Waals surface area contributed by atoms with E-state index in [1.165, 1.54) is 10.9 Å². The van der Waals surface area contributed by atoms with Gasteiger partial charge in [-0.05, 0) is 35.0 Å². The second-order valence-electron chi connectivity index (χ2n) is 3.37. The molecule has 0 saturated carbocycles. The summed E-state index contributed by atoms with van der Waals surface area (Å²) in [7, 11) is 0. The van der Waals surface area contributed by atoms with E-state index in [1.54, 1.807) is 0 Å². The number of para-hydroxylation sites is 1. The quantitative estimate of drug-likeness (QED) is 0.870. The number of nitrogens with two attached hydrogens (primary N) is 1. The highest BCUT2D eigenvalue weighted by Gasteiger charge is 2.09. The van der Waals surface area contributed by atoms with Crippen LogP contribution in [0.4, 0.5) is 0 Å². The molecule has 0 aliphatic carbocycles. The van der Waals surface area contributed by atoms with Crippen LogP contribution in [0.5, 0.6) is 0 Å². The number of benzene rings is 1. The van der Waals surface area contributed by atoms with Gasteiger partial charge in [-0.25, -0.2) is 5.90 Å². The van der Waals surface area contributed by atoms with Gasteiger partial charge in [0, 0.05) is 22.1 Å². The van der Waals surface area contributed by atoms with Gasteiger partial charge in [-0.2, -0.15) is 0 Å². The number of halogens is 1. The highest BCUT2D eigenvalue weighted by molar-refractivity contribution is 9.10. The zero-order valence-electron chi connectivity index (χ0n) is 8.53. The van der Waals surface area contributed by atoms with E-state index in [0.717, 1.165) is 16.7 Å². The van der Waals surface area contributed by atoms with E-state index in [9.17, 15) is 0 Å². The Labute approximate surface area is 96.9 Å². The van der Waals surface area contributed by atoms with Crippen molar-refractivity contribution in [1.29, 1.82) is 0 Å². The van der Waals surface area contributed by atoms with Crippen LogP contribution in [0.1, 0.15) is 12.6 Å². The molecule has 1 aromatic carbocycles. The first-order valence-electron chi connectivity index (χ1n) is 4.86. The third-order valence-electron chi connectivity index (χ3n) is 2.50. The van der Waals surface area contributed by atoms with E-state index >= 15 is 0 Å². The lowest BCUT2D eigenvalue weighted by Gasteiger charge is -2.07. The normalized spacial score (nSPS) is 11.1. The number of hydrogen-bond donors (Lipinski definition) is 1. The highest BCUT2D eigenvalue weighted by Crippen LogP contribution is 2.27. The number of rotatable bonds is 3. The minimum atomic E-state index is 0.439. The second-order valence-corrected chi connectivity index (χ2v) is 4.22. The van der Waals surface area contributed by atoms with Gasteiger partial charge in [0.15, 0.2) is 0 Å². The lowest BCUT2D eigenvalue weighted by atomic mass is 10.2. The molecule has 0 aliphatic rings. The van der Waals surface area contributed by atoms with E-state index < -0.39 is 0 Å². The molecule has 0 bridgehead atoms. The first-order valence-corrected chi connectivity index (χ1v) is 5.65. The summed E-state index contributed by atoms with van der Waals surface area (Å²) in [5, 5.41) is 1.21. The monoisotopic (exact) mass is 268 g/mol. The van der Waals surface area contributed by atoms with Gasteiger partial charge in [-0.3, -0.25) is 4.84 Å². The average Bonchev–Trinajstić information content (AvgIpc) is 2.57. The van der Waals surface area contributed by atoms with Crippen LogP contribution in [0, 0.1) is 0 Å². The van der Waals surface area contributed by atoms with Crippen molar-refractivity contribution in [3.8, 4) is 0 Å². The van der Waals surface area contributed by atoms with Crippen molar-refractivity contribution in [2.45, 2.75) is 20.1 Å². The van der Waals surface area contributed by atoms with Gasteiger partial charge >= 0.3 is 0 Å². The maximum atomic E-state index is 5.12. The first kappa shape index (κ1) is 10.7. The fourth-order valence-electron chi connectivity index (χ4n) is 1.90. The molecule has 0 aliphatic heterocycles. The summed E-state index contributed by atoms with van der Waals surface area (Å²) in [6.07, 6.45) is 0. The van der Waals surface area contributed by atoms with Crippen LogP contribution >= 0.6 is 15.9 Å². The Morgan fingerprint density at radius 2 is 2.27 bits per heavy atom. The molecule has 0 fully saturated rings. The maximum Gasteiger partial charge on any atom is 0.108 e. The Kier molecular flexibility index (Phi) is 3.09. The largest absolute Gasteiger partial charge is 0.342 e. The van der Waals surface area contributed by atoms with Gasteiger partial charge < -0.3 is 4.57 Å². The first-order chi connectivity index (χ1) is 7.27. The van der Waals surface area contributed by atoms with Crippen molar-refractivity contribution in [2.24, 2.45) is 5.90 Å². The molecule has 0 radical (unpaired) electrons. The van der Waals surface area contributed by atoms with Gasteiger partial charge in [0.2, 0.25) is 0 Å². The second kappa shape index (κ2) is 4.35. The fraction of sp³-hybridized carbons (Fsp3) is 0.273. The molecule has 0 amide bonds. The minimum Gasteiger partial charge on any atom is -0.342 e. The molecule has 2 rings (SSSR count). The molecular weight excluding hydrogens is 256 g/mol. The number of aryl methyl sites for hydroxylation is 1. The zero-order chi connectivity index (χ0) is 10.8. The summed E-state index contributed by atoms with van der Waals surface area (Å²) in [4.78, 5) is 4.70. The van der Waals surface area contributed by atoms with Crippen LogP contribution in [-0.2, 0) is 18.0 Å². The molecule has 1 aromatic heterocycles. The number of nitrogens with zero attached hydrogens (tertiary/aromatic N) is 1. The lowest BCUT2D eigenvalue weighted by Crippen LogP contribution is -2.05. The molecule has 0 unspecified atom stereocenters. The summed E-state index contributed by atoms with van der Waals surface area (Å²) < 4.78 is 3.30. The molecular formula is C11H13BrN2O. The van der Waals surface area contributed by atoms with Crippen LogP contribution in [0.15, 0.2) is 28.7 Å². The SMILES string of the molecule is CCn1c(CON)cc2cccc(Br)c21. The standard InChI is InChI=1S/C11H13BrN2O/c1-2-14-9(7-15-13)6-8-4-3-5-10(12)11(8)14/h3-6H,2,7,13H2,1H3. The van der Waals surface area contributed by atoms with E-state index in [1.807, 2.05) is 12.1 Å². The number of hydrogen-bond acceptors (Lipinski definition) is 2. The molecule has 3 nitrogen and oxygen atoms in total. The van der Waals surface area contributed by atoms with Crippen molar-refractivity contribution in [2.75, 3.05) is 0 Å². The topological polar surface area (TPSA) is 40.2 Å². The molecule has 2 aromatic rings. The predicted octanol–water partition coefficient (Wildman–Crippen LogP) is 2.81. The smallest absolute Gasteiger partial charge is 0.108 e. The fourth-order valence-corrected chi connectivity index (χ4v) is 2.50.